The third-order valence-electron chi connectivity index (χ3n) is 6.04. The minimum Gasteiger partial charge on any atom is -0.455 e. The molecule has 30 heavy (non-hydrogen) atoms. The van der Waals surface area contributed by atoms with E-state index < -0.39 is 5.41 Å². The van der Waals surface area contributed by atoms with Crippen LogP contribution < -0.4 is 16.2 Å². The van der Waals surface area contributed by atoms with Crippen molar-refractivity contribution in [1.29, 1.82) is 10.8 Å². The summed E-state index contributed by atoms with van der Waals surface area (Å²) in [6, 6.07) is 8.22. The lowest BCUT2D eigenvalue weighted by Crippen LogP contribution is -2.30. The van der Waals surface area contributed by atoms with Gasteiger partial charge in [0.1, 0.15) is 23.2 Å². The van der Waals surface area contributed by atoms with E-state index in [2.05, 4.69) is 67.5 Å². The zero-order valence-corrected chi connectivity index (χ0v) is 19.4. The number of fused-ring (bicyclic) bond motifs is 2. The van der Waals surface area contributed by atoms with Gasteiger partial charge in [0.2, 0.25) is 0 Å². The van der Waals surface area contributed by atoms with E-state index in [9.17, 15) is 0 Å². The molecule has 0 spiro atoms. The van der Waals surface area contributed by atoms with Gasteiger partial charge < -0.3 is 16.2 Å². The highest BCUT2D eigenvalue weighted by atomic mass is 16.5. The summed E-state index contributed by atoms with van der Waals surface area (Å²) >= 11 is 0. The van der Waals surface area contributed by atoms with Gasteiger partial charge in [-0.25, -0.2) is 0 Å². The summed E-state index contributed by atoms with van der Waals surface area (Å²) in [5.74, 6) is 1.09. The maximum absolute atomic E-state index is 8.17. The first-order valence-electron chi connectivity index (χ1n) is 10.3. The highest BCUT2D eigenvalue weighted by molar-refractivity contribution is 6.01. The number of amidine groups is 2. The third kappa shape index (κ3) is 3.47. The Balaban J connectivity index is 2.41. The van der Waals surface area contributed by atoms with Crippen molar-refractivity contribution in [2.24, 2.45) is 11.5 Å². The Morgan fingerprint density at radius 2 is 1.07 bits per heavy atom. The number of nitrogens with one attached hydrogen (secondary N) is 2. The molecule has 160 valence electrons. The van der Waals surface area contributed by atoms with Crippen LogP contribution in [-0.4, -0.2) is 11.7 Å². The summed E-state index contributed by atoms with van der Waals surface area (Å²) in [5.41, 5.74) is 16.7. The number of nitrogen functional groups attached to an aromatic ring is 2. The maximum atomic E-state index is 8.17. The van der Waals surface area contributed by atoms with E-state index in [1.165, 1.54) is 0 Å². The molecule has 0 bridgehead atoms. The normalized spacial score (nSPS) is 15.1. The second-order valence-electron chi connectivity index (χ2n) is 10.9. The van der Waals surface area contributed by atoms with Crippen LogP contribution in [0.4, 0.5) is 0 Å². The fourth-order valence-electron chi connectivity index (χ4n) is 3.92. The molecule has 0 saturated carbocycles. The minimum absolute atomic E-state index is 0.0349. The summed E-state index contributed by atoms with van der Waals surface area (Å²) in [6.45, 7) is 17.2. The Morgan fingerprint density at radius 1 is 0.733 bits per heavy atom. The predicted molar refractivity (Wildman–Crippen MR) is 125 cm³/mol. The molecule has 5 heteroatoms. The molecule has 3 rings (SSSR count). The van der Waals surface area contributed by atoms with E-state index in [4.69, 9.17) is 27.0 Å². The second kappa shape index (κ2) is 6.59. The summed E-state index contributed by atoms with van der Waals surface area (Å²) in [7, 11) is 0. The van der Waals surface area contributed by atoms with Crippen molar-refractivity contribution in [1.82, 2.24) is 0 Å². The average molecular weight is 407 g/mol. The van der Waals surface area contributed by atoms with Crippen molar-refractivity contribution >= 4 is 11.7 Å². The Kier molecular flexibility index (Phi) is 4.81. The largest absolute Gasteiger partial charge is 0.455 e. The number of hydrogen-bond donors (Lipinski definition) is 4. The molecule has 0 unspecified atom stereocenters. The molecule has 0 atom stereocenters. The van der Waals surface area contributed by atoms with E-state index in [0.717, 1.165) is 22.3 Å². The third-order valence-corrected chi connectivity index (χ3v) is 6.04. The van der Waals surface area contributed by atoms with Crippen LogP contribution >= 0.6 is 0 Å². The average Bonchev–Trinajstić information content (AvgIpc) is 2.58. The summed E-state index contributed by atoms with van der Waals surface area (Å²) in [6.07, 6.45) is 0. The minimum atomic E-state index is -0.417. The zero-order valence-electron chi connectivity index (χ0n) is 19.4. The van der Waals surface area contributed by atoms with E-state index in [1.54, 1.807) is 0 Å². The van der Waals surface area contributed by atoms with E-state index in [-0.39, 0.29) is 22.5 Å². The van der Waals surface area contributed by atoms with Crippen molar-refractivity contribution in [2.45, 2.75) is 71.6 Å². The van der Waals surface area contributed by atoms with Crippen LogP contribution in [0.3, 0.4) is 0 Å². The van der Waals surface area contributed by atoms with Crippen LogP contribution in [0.15, 0.2) is 24.3 Å². The molecule has 0 amide bonds. The highest BCUT2D eigenvalue weighted by Crippen LogP contribution is 2.52. The van der Waals surface area contributed by atoms with Crippen LogP contribution in [0.2, 0.25) is 0 Å². The van der Waals surface area contributed by atoms with E-state index in [0.29, 0.717) is 22.6 Å². The lowest BCUT2D eigenvalue weighted by molar-refractivity contribution is 0.413. The van der Waals surface area contributed by atoms with Crippen LogP contribution in [0, 0.1) is 10.8 Å². The Bertz CT molecular complexity index is 983. The molecule has 2 aromatic rings. The van der Waals surface area contributed by atoms with Gasteiger partial charge in [0.25, 0.3) is 0 Å². The lowest BCUT2D eigenvalue weighted by Gasteiger charge is -2.38. The summed E-state index contributed by atoms with van der Waals surface area (Å²) < 4.78 is 6.39. The van der Waals surface area contributed by atoms with Gasteiger partial charge in [-0.3, -0.25) is 10.8 Å². The van der Waals surface area contributed by atoms with Gasteiger partial charge >= 0.3 is 0 Å². The van der Waals surface area contributed by atoms with Crippen molar-refractivity contribution in [3.05, 3.63) is 57.6 Å². The van der Waals surface area contributed by atoms with Gasteiger partial charge in [-0.1, -0.05) is 67.5 Å². The molecule has 0 aliphatic carbocycles. The molecule has 2 aromatic carbocycles. The van der Waals surface area contributed by atoms with Crippen LogP contribution in [0.1, 0.15) is 88.8 Å². The van der Waals surface area contributed by atoms with Crippen molar-refractivity contribution in [3.63, 3.8) is 0 Å². The number of benzene rings is 2. The van der Waals surface area contributed by atoms with Gasteiger partial charge in [0.15, 0.2) is 0 Å². The van der Waals surface area contributed by atoms with E-state index in [1.807, 2.05) is 12.1 Å². The summed E-state index contributed by atoms with van der Waals surface area (Å²) in [4.78, 5) is 0. The molecular formula is C25H34N4O. The maximum Gasteiger partial charge on any atom is 0.142 e. The Morgan fingerprint density at radius 3 is 1.33 bits per heavy atom. The number of ether oxygens (including phenoxy) is 1. The standard InChI is InChI=1S/C25H34N4O/c1-23(2,3)13-9-15(21(26)27)19-17(11-13)25(7,8)18-12-14(24(4,5)6)10-16(22(28)29)20(18)30-19/h9-12H,1-8H3,(H3,26,27)(H3,28,29). The first-order valence-corrected chi connectivity index (χ1v) is 10.3. The van der Waals surface area contributed by atoms with Gasteiger partial charge in [0.05, 0.1) is 11.1 Å². The number of nitrogens with two attached hydrogens (primary N) is 2. The summed E-state index contributed by atoms with van der Waals surface area (Å²) in [5, 5.41) is 16.3. The smallest absolute Gasteiger partial charge is 0.142 e. The number of rotatable bonds is 2. The van der Waals surface area contributed by atoms with Crippen molar-refractivity contribution in [3.8, 4) is 11.5 Å². The fraction of sp³-hybridized carbons (Fsp3) is 0.440. The molecule has 0 saturated heterocycles. The molecule has 1 heterocycles. The lowest BCUT2D eigenvalue weighted by atomic mass is 9.70. The molecule has 0 fully saturated rings. The Hall–Kier alpha value is -2.82. The van der Waals surface area contributed by atoms with Crippen LogP contribution in [0.25, 0.3) is 0 Å². The van der Waals surface area contributed by atoms with Gasteiger partial charge in [-0.15, -0.1) is 0 Å². The van der Waals surface area contributed by atoms with Gasteiger partial charge in [-0.2, -0.15) is 0 Å². The zero-order chi connectivity index (χ0) is 22.8. The predicted octanol–water partition coefficient (Wildman–Crippen LogP) is 5.28. The first-order chi connectivity index (χ1) is 13.5. The molecule has 1 aliphatic heterocycles. The van der Waals surface area contributed by atoms with Crippen molar-refractivity contribution < 1.29 is 4.74 Å². The monoisotopic (exact) mass is 406 g/mol. The molecule has 6 N–H and O–H groups in total. The van der Waals surface area contributed by atoms with Crippen molar-refractivity contribution in [2.75, 3.05) is 0 Å². The SMILES string of the molecule is CC(C)(C)c1cc(C(=N)N)c2c(c1)C(C)(C)c1cc(C(C)(C)C)cc(C(=N)N)c1O2. The molecule has 0 aromatic heterocycles. The van der Waals surface area contributed by atoms with Gasteiger partial charge in [-0.05, 0) is 34.1 Å². The quantitative estimate of drug-likeness (QED) is 0.402. The molecule has 1 aliphatic rings. The molecular weight excluding hydrogens is 372 g/mol. The van der Waals surface area contributed by atoms with Crippen LogP contribution in [-0.2, 0) is 16.2 Å². The number of hydrogen-bond acceptors (Lipinski definition) is 3. The topological polar surface area (TPSA) is 109 Å². The molecule has 0 radical (unpaired) electrons. The van der Waals surface area contributed by atoms with Gasteiger partial charge in [0, 0.05) is 16.5 Å². The van der Waals surface area contributed by atoms with E-state index >= 15 is 0 Å². The Labute approximate surface area is 179 Å². The molecule has 5 nitrogen and oxygen atoms in total. The highest BCUT2D eigenvalue weighted by Gasteiger charge is 2.39. The second-order valence-corrected chi connectivity index (χ2v) is 10.9. The van der Waals surface area contributed by atoms with Crippen LogP contribution in [0.5, 0.6) is 11.5 Å². The fourth-order valence-corrected chi connectivity index (χ4v) is 3.92. The first kappa shape index (κ1) is 21.9.